The van der Waals surface area contributed by atoms with Gasteiger partial charge in [-0.25, -0.2) is 9.89 Å². The number of pyridine rings is 1. The Morgan fingerprint density at radius 3 is 2.86 bits per heavy atom. The SMILES string of the molecule is Cc1c[nH]cc(C(=O)N2CCCCC2c2n[nH]c(=O)[nH]2)c1=O. The first-order valence-electron chi connectivity index (χ1n) is 7.21. The number of rotatable bonds is 2. The number of nitrogens with zero attached hydrogens (tertiary/aromatic N) is 2. The summed E-state index contributed by atoms with van der Waals surface area (Å²) in [6, 6.07) is -0.319. The molecule has 0 aromatic carbocycles. The van der Waals surface area contributed by atoms with Crippen molar-refractivity contribution in [2.45, 2.75) is 32.2 Å². The summed E-state index contributed by atoms with van der Waals surface area (Å²) in [6.07, 6.45) is 5.50. The minimum atomic E-state index is -0.402. The van der Waals surface area contributed by atoms with Gasteiger partial charge in [-0.05, 0) is 26.2 Å². The number of amides is 1. The third-order valence-electron chi connectivity index (χ3n) is 3.96. The van der Waals surface area contributed by atoms with Crippen LogP contribution in [0.2, 0.25) is 0 Å². The Bertz CT molecular complexity index is 803. The lowest BCUT2D eigenvalue weighted by Gasteiger charge is -2.34. The van der Waals surface area contributed by atoms with Gasteiger partial charge in [0.25, 0.3) is 5.91 Å². The van der Waals surface area contributed by atoms with E-state index < -0.39 is 5.69 Å². The largest absolute Gasteiger partial charge is 0.366 e. The first kappa shape index (κ1) is 14.3. The van der Waals surface area contributed by atoms with Crippen LogP contribution in [-0.4, -0.2) is 37.5 Å². The summed E-state index contributed by atoms with van der Waals surface area (Å²) in [5.74, 6) is 0.0978. The van der Waals surface area contributed by atoms with Crippen molar-refractivity contribution >= 4 is 5.91 Å². The van der Waals surface area contributed by atoms with Gasteiger partial charge < -0.3 is 9.88 Å². The Morgan fingerprint density at radius 2 is 2.14 bits per heavy atom. The van der Waals surface area contributed by atoms with Gasteiger partial charge in [-0.1, -0.05) is 0 Å². The van der Waals surface area contributed by atoms with Crippen LogP contribution in [0.5, 0.6) is 0 Å². The molecule has 0 spiro atoms. The molecular weight excluding hydrogens is 286 g/mol. The van der Waals surface area contributed by atoms with E-state index in [0.29, 0.717) is 24.4 Å². The molecule has 3 N–H and O–H groups in total. The van der Waals surface area contributed by atoms with Crippen molar-refractivity contribution in [2.75, 3.05) is 6.54 Å². The fourth-order valence-corrected chi connectivity index (χ4v) is 2.81. The maximum Gasteiger partial charge on any atom is 0.340 e. The normalized spacial score (nSPS) is 18.4. The van der Waals surface area contributed by atoms with Gasteiger partial charge >= 0.3 is 5.69 Å². The van der Waals surface area contributed by atoms with Crippen LogP contribution in [-0.2, 0) is 0 Å². The van der Waals surface area contributed by atoms with Crippen molar-refractivity contribution in [1.82, 2.24) is 25.1 Å². The number of hydrogen-bond donors (Lipinski definition) is 3. The van der Waals surface area contributed by atoms with Gasteiger partial charge in [0, 0.05) is 24.5 Å². The number of aryl methyl sites for hydroxylation is 1. The highest BCUT2D eigenvalue weighted by Gasteiger charge is 2.32. The van der Waals surface area contributed by atoms with Gasteiger partial charge in [0.2, 0.25) is 0 Å². The minimum absolute atomic E-state index is 0.116. The lowest BCUT2D eigenvalue weighted by Crippen LogP contribution is -2.41. The van der Waals surface area contributed by atoms with Crippen LogP contribution >= 0.6 is 0 Å². The van der Waals surface area contributed by atoms with Crippen LogP contribution in [0.3, 0.4) is 0 Å². The third kappa shape index (κ3) is 2.47. The Morgan fingerprint density at radius 1 is 1.32 bits per heavy atom. The standard InChI is InChI=1S/C14H17N5O3/c1-8-6-15-7-9(11(8)20)13(21)19-5-3-2-4-10(19)12-16-14(22)18-17-12/h6-7,10H,2-5H2,1H3,(H,15,20)(H2,16,17,18,22). The molecule has 116 valence electrons. The molecular formula is C14H17N5O3. The average molecular weight is 303 g/mol. The van der Waals surface area contributed by atoms with Gasteiger partial charge in [-0.3, -0.25) is 14.6 Å². The number of aromatic amines is 3. The molecule has 0 saturated carbocycles. The molecule has 1 saturated heterocycles. The number of nitrogens with one attached hydrogen (secondary N) is 3. The molecule has 0 bridgehead atoms. The van der Waals surface area contributed by atoms with E-state index in [4.69, 9.17) is 0 Å². The topological polar surface area (TPSA) is 115 Å². The number of likely N-dealkylation sites (tertiary alicyclic amines) is 1. The van der Waals surface area contributed by atoms with Gasteiger partial charge in [0.15, 0.2) is 11.3 Å². The predicted octanol–water partition coefficient (Wildman–Crippen LogP) is 0.462. The first-order chi connectivity index (χ1) is 10.6. The zero-order valence-corrected chi connectivity index (χ0v) is 12.2. The molecule has 8 nitrogen and oxygen atoms in total. The van der Waals surface area contributed by atoms with Crippen molar-refractivity contribution < 1.29 is 4.79 Å². The predicted molar refractivity (Wildman–Crippen MR) is 78.6 cm³/mol. The van der Waals surface area contributed by atoms with Crippen molar-refractivity contribution in [2.24, 2.45) is 0 Å². The van der Waals surface area contributed by atoms with E-state index in [1.54, 1.807) is 18.0 Å². The second-order valence-electron chi connectivity index (χ2n) is 5.45. The van der Waals surface area contributed by atoms with Crippen molar-refractivity contribution in [3.63, 3.8) is 0 Å². The minimum Gasteiger partial charge on any atom is -0.366 e. The summed E-state index contributed by atoms with van der Waals surface area (Å²) < 4.78 is 0. The van der Waals surface area contributed by atoms with Crippen molar-refractivity contribution in [3.05, 3.63) is 50.1 Å². The lowest BCUT2D eigenvalue weighted by molar-refractivity contribution is 0.0598. The quantitative estimate of drug-likeness (QED) is 0.747. The molecule has 22 heavy (non-hydrogen) atoms. The number of carbonyl (C=O) groups is 1. The molecule has 1 unspecified atom stereocenters. The zero-order valence-electron chi connectivity index (χ0n) is 12.2. The number of carbonyl (C=O) groups excluding carboxylic acids is 1. The number of piperidine rings is 1. The molecule has 1 amide bonds. The Kier molecular flexibility index (Phi) is 3.66. The molecule has 0 radical (unpaired) electrons. The second kappa shape index (κ2) is 5.63. The lowest BCUT2D eigenvalue weighted by atomic mass is 10.00. The van der Waals surface area contributed by atoms with E-state index in [-0.39, 0.29) is 22.9 Å². The van der Waals surface area contributed by atoms with E-state index in [1.165, 1.54) is 6.20 Å². The fraction of sp³-hybridized carbons (Fsp3) is 0.429. The second-order valence-corrected chi connectivity index (χ2v) is 5.45. The summed E-state index contributed by atoms with van der Waals surface area (Å²) in [4.78, 5) is 43.2. The average Bonchev–Trinajstić information content (AvgIpc) is 2.96. The summed E-state index contributed by atoms with van der Waals surface area (Å²) in [6.45, 7) is 2.19. The van der Waals surface area contributed by atoms with Gasteiger partial charge in [0.05, 0.1) is 6.04 Å². The maximum absolute atomic E-state index is 12.7. The number of H-pyrrole nitrogens is 3. The monoisotopic (exact) mass is 303 g/mol. The summed E-state index contributed by atoms with van der Waals surface area (Å²) >= 11 is 0. The highest BCUT2D eigenvalue weighted by Crippen LogP contribution is 2.29. The van der Waals surface area contributed by atoms with Crippen LogP contribution in [0.25, 0.3) is 0 Å². The summed E-state index contributed by atoms with van der Waals surface area (Å²) in [5.41, 5.74) is -0.0673. The molecule has 1 fully saturated rings. The zero-order chi connectivity index (χ0) is 15.7. The van der Waals surface area contributed by atoms with E-state index in [9.17, 15) is 14.4 Å². The van der Waals surface area contributed by atoms with Crippen LogP contribution in [0.1, 0.15) is 47.1 Å². The van der Waals surface area contributed by atoms with Gasteiger partial charge in [-0.15, -0.1) is 0 Å². The van der Waals surface area contributed by atoms with E-state index >= 15 is 0 Å². The van der Waals surface area contributed by atoms with Gasteiger partial charge in [-0.2, -0.15) is 5.10 Å². The third-order valence-corrected chi connectivity index (χ3v) is 3.96. The smallest absolute Gasteiger partial charge is 0.340 e. The van der Waals surface area contributed by atoms with Crippen LogP contribution in [0.4, 0.5) is 0 Å². The molecule has 1 aliphatic rings. The molecule has 2 aromatic heterocycles. The van der Waals surface area contributed by atoms with Crippen molar-refractivity contribution in [3.8, 4) is 0 Å². The Balaban J connectivity index is 1.97. The Hall–Kier alpha value is -2.64. The highest BCUT2D eigenvalue weighted by atomic mass is 16.2. The van der Waals surface area contributed by atoms with Crippen molar-refractivity contribution in [1.29, 1.82) is 0 Å². The van der Waals surface area contributed by atoms with Crippen LogP contribution in [0.15, 0.2) is 22.0 Å². The van der Waals surface area contributed by atoms with E-state index in [1.807, 2.05) is 0 Å². The van der Waals surface area contributed by atoms with Crippen LogP contribution < -0.4 is 11.1 Å². The maximum atomic E-state index is 12.7. The molecule has 8 heteroatoms. The summed E-state index contributed by atoms with van der Waals surface area (Å²) in [7, 11) is 0. The molecule has 1 aliphatic heterocycles. The number of aromatic nitrogens is 4. The molecule has 0 aliphatic carbocycles. The Labute approximate surface area is 125 Å². The summed E-state index contributed by atoms with van der Waals surface area (Å²) in [5, 5.41) is 6.25. The van der Waals surface area contributed by atoms with Gasteiger partial charge in [0.1, 0.15) is 5.56 Å². The molecule has 3 heterocycles. The molecule has 1 atom stereocenters. The number of hydrogen-bond acceptors (Lipinski definition) is 4. The fourth-order valence-electron chi connectivity index (χ4n) is 2.81. The molecule has 3 rings (SSSR count). The first-order valence-corrected chi connectivity index (χ1v) is 7.21. The van der Waals surface area contributed by atoms with E-state index in [2.05, 4.69) is 20.2 Å². The van der Waals surface area contributed by atoms with E-state index in [0.717, 1.165) is 12.8 Å². The molecule has 2 aromatic rings. The highest BCUT2D eigenvalue weighted by molar-refractivity contribution is 5.94. The van der Waals surface area contributed by atoms with Crippen LogP contribution in [0, 0.1) is 6.92 Å².